The Morgan fingerprint density at radius 2 is 2.62 bits per heavy atom. The number of aromatic nitrogens is 2. The fraction of sp³-hybridized carbons (Fsp3) is 0.636. The number of amides is 1. The molecule has 88 valence electrons. The Morgan fingerprint density at radius 3 is 3.31 bits per heavy atom. The maximum atomic E-state index is 12.1. The molecular formula is C11H17N3O2. The maximum absolute atomic E-state index is 12.1. The third-order valence-electron chi connectivity index (χ3n) is 2.85. The van der Waals surface area contributed by atoms with Gasteiger partial charge in [0.1, 0.15) is 0 Å². The van der Waals surface area contributed by atoms with Gasteiger partial charge in [-0.2, -0.15) is 0 Å². The second kappa shape index (κ2) is 5.12. The highest BCUT2D eigenvalue weighted by Gasteiger charge is 2.30. The molecule has 5 nitrogen and oxygen atoms in total. The predicted octanol–water partition coefficient (Wildman–Crippen LogP) is 1.05. The Labute approximate surface area is 94.8 Å². The van der Waals surface area contributed by atoms with Gasteiger partial charge in [-0.3, -0.25) is 4.79 Å². The first kappa shape index (κ1) is 11.1. The molecule has 0 radical (unpaired) electrons. The molecule has 2 rings (SSSR count). The molecule has 1 atom stereocenters. The van der Waals surface area contributed by atoms with Crippen molar-refractivity contribution in [2.75, 3.05) is 19.8 Å². The molecular weight excluding hydrogens is 206 g/mol. The number of ether oxygens (including phenoxy) is 1. The summed E-state index contributed by atoms with van der Waals surface area (Å²) in [6, 6.07) is 0.206. The number of carbonyl (C=O) groups excluding carboxylic acids is 1. The zero-order valence-electron chi connectivity index (χ0n) is 9.48. The van der Waals surface area contributed by atoms with E-state index in [2.05, 4.69) is 9.97 Å². The molecule has 1 aliphatic rings. The highest BCUT2D eigenvalue weighted by atomic mass is 16.5. The van der Waals surface area contributed by atoms with Crippen molar-refractivity contribution in [2.45, 2.75) is 25.8 Å². The normalized spacial score (nSPS) is 20.3. The van der Waals surface area contributed by atoms with Crippen LogP contribution in [0.25, 0.3) is 0 Å². The average Bonchev–Trinajstić information content (AvgIpc) is 2.96. The summed E-state index contributed by atoms with van der Waals surface area (Å²) in [6.07, 6.45) is 5.33. The van der Waals surface area contributed by atoms with Crippen molar-refractivity contribution in [3.8, 4) is 0 Å². The van der Waals surface area contributed by atoms with Crippen LogP contribution in [-0.4, -0.2) is 46.6 Å². The smallest absolute Gasteiger partial charge is 0.289 e. The van der Waals surface area contributed by atoms with Gasteiger partial charge in [-0.25, -0.2) is 4.98 Å². The van der Waals surface area contributed by atoms with Gasteiger partial charge >= 0.3 is 0 Å². The molecule has 0 aliphatic carbocycles. The van der Waals surface area contributed by atoms with Crippen molar-refractivity contribution in [3.63, 3.8) is 0 Å². The molecule has 0 spiro atoms. The second-order valence-corrected chi connectivity index (χ2v) is 3.89. The lowest BCUT2D eigenvalue weighted by Gasteiger charge is -2.23. The van der Waals surface area contributed by atoms with Gasteiger partial charge in [0, 0.05) is 25.5 Å². The number of carbonyl (C=O) groups is 1. The van der Waals surface area contributed by atoms with Gasteiger partial charge in [0.25, 0.3) is 5.91 Å². The van der Waals surface area contributed by atoms with Crippen molar-refractivity contribution < 1.29 is 9.53 Å². The summed E-state index contributed by atoms with van der Waals surface area (Å²) in [4.78, 5) is 20.7. The first-order valence-corrected chi connectivity index (χ1v) is 5.71. The average molecular weight is 223 g/mol. The molecule has 0 aromatic carbocycles. The molecule has 1 fully saturated rings. The van der Waals surface area contributed by atoms with Gasteiger partial charge in [-0.15, -0.1) is 0 Å². The van der Waals surface area contributed by atoms with Gasteiger partial charge < -0.3 is 14.6 Å². The summed E-state index contributed by atoms with van der Waals surface area (Å²) in [5, 5.41) is 0. The minimum absolute atomic E-state index is 0.0211. The van der Waals surface area contributed by atoms with Crippen molar-refractivity contribution in [1.29, 1.82) is 0 Å². The molecule has 1 unspecified atom stereocenters. The van der Waals surface area contributed by atoms with E-state index in [1.54, 1.807) is 12.4 Å². The number of aromatic amines is 1. The van der Waals surface area contributed by atoms with Gasteiger partial charge in [0.05, 0.1) is 12.6 Å². The summed E-state index contributed by atoms with van der Waals surface area (Å²) in [5.41, 5.74) is 0. The first-order chi connectivity index (χ1) is 7.83. The number of rotatable bonds is 4. The molecule has 1 amide bonds. The zero-order valence-corrected chi connectivity index (χ0v) is 9.48. The molecule has 0 bridgehead atoms. The lowest BCUT2D eigenvalue weighted by molar-refractivity contribution is 0.0555. The van der Waals surface area contributed by atoms with Gasteiger partial charge in [0.2, 0.25) is 0 Å². The number of nitrogens with one attached hydrogen (secondary N) is 1. The van der Waals surface area contributed by atoms with Crippen molar-refractivity contribution in [3.05, 3.63) is 18.2 Å². The fourth-order valence-corrected chi connectivity index (χ4v) is 2.05. The second-order valence-electron chi connectivity index (χ2n) is 3.89. The summed E-state index contributed by atoms with van der Waals surface area (Å²) in [7, 11) is 0. The van der Waals surface area contributed by atoms with E-state index in [4.69, 9.17) is 4.74 Å². The van der Waals surface area contributed by atoms with Crippen LogP contribution < -0.4 is 0 Å². The van der Waals surface area contributed by atoms with Gasteiger partial charge in [-0.1, -0.05) is 0 Å². The summed E-state index contributed by atoms with van der Waals surface area (Å²) in [5.74, 6) is 0.399. The Kier molecular flexibility index (Phi) is 3.56. The largest absolute Gasteiger partial charge is 0.380 e. The lowest BCUT2D eigenvalue weighted by Crippen LogP contribution is -2.38. The third-order valence-corrected chi connectivity index (χ3v) is 2.85. The highest BCUT2D eigenvalue weighted by Crippen LogP contribution is 2.19. The van der Waals surface area contributed by atoms with Crippen LogP contribution in [0.1, 0.15) is 30.4 Å². The summed E-state index contributed by atoms with van der Waals surface area (Å²) < 4.78 is 5.39. The number of hydrogen-bond acceptors (Lipinski definition) is 3. The van der Waals surface area contributed by atoms with E-state index in [0.717, 1.165) is 19.4 Å². The fourth-order valence-electron chi connectivity index (χ4n) is 2.05. The van der Waals surface area contributed by atoms with Crippen LogP contribution in [0.15, 0.2) is 12.4 Å². The highest BCUT2D eigenvalue weighted by molar-refractivity contribution is 5.90. The molecule has 1 aliphatic heterocycles. The van der Waals surface area contributed by atoms with Crippen molar-refractivity contribution in [1.82, 2.24) is 14.9 Å². The number of imidazole rings is 1. The minimum atomic E-state index is -0.0211. The Morgan fingerprint density at radius 1 is 1.75 bits per heavy atom. The minimum Gasteiger partial charge on any atom is -0.380 e. The van der Waals surface area contributed by atoms with Crippen LogP contribution in [0.5, 0.6) is 0 Å². The van der Waals surface area contributed by atoms with Crippen LogP contribution in [0, 0.1) is 0 Å². The van der Waals surface area contributed by atoms with Gasteiger partial charge in [-0.05, 0) is 19.8 Å². The Hall–Kier alpha value is -1.36. The number of H-pyrrole nitrogens is 1. The number of nitrogens with zero attached hydrogens (tertiary/aromatic N) is 2. The lowest BCUT2D eigenvalue weighted by atomic mass is 10.2. The third kappa shape index (κ3) is 2.24. The van der Waals surface area contributed by atoms with E-state index in [0.29, 0.717) is 19.0 Å². The first-order valence-electron chi connectivity index (χ1n) is 5.71. The van der Waals surface area contributed by atoms with Crippen LogP contribution in [0.2, 0.25) is 0 Å². The predicted molar refractivity (Wildman–Crippen MR) is 59.1 cm³/mol. The standard InChI is InChI=1S/C11H17N3O2/c1-2-16-8-9-4-3-7-14(9)11(15)10-12-5-6-13-10/h5-6,9H,2-4,7-8H2,1H3,(H,12,13). The molecule has 16 heavy (non-hydrogen) atoms. The van der Waals surface area contributed by atoms with E-state index >= 15 is 0 Å². The molecule has 1 aromatic rings. The monoisotopic (exact) mass is 223 g/mol. The van der Waals surface area contributed by atoms with E-state index in [9.17, 15) is 4.79 Å². The van der Waals surface area contributed by atoms with E-state index in [1.807, 2.05) is 11.8 Å². The molecule has 5 heteroatoms. The van der Waals surface area contributed by atoms with Crippen LogP contribution in [0.3, 0.4) is 0 Å². The summed E-state index contributed by atoms with van der Waals surface area (Å²) in [6.45, 7) is 4.09. The van der Waals surface area contributed by atoms with Crippen LogP contribution >= 0.6 is 0 Å². The Bertz CT molecular complexity index is 337. The zero-order chi connectivity index (χ0) is 11.4. The SMILES string of the molecule is CCOCC1CCCN1C(=O)c1ncc[nH]1. The molecule has 0 saturated carbocycles. The molecule has 2 heterocycles. The van der Waals surface area contributed by atoms with Crippen molar-refractivity contribution >= 4 is 5.91 Å². The Balaban J connectivity index is 1.99. The number of likely N-dealkylation sites (tertiary alicyclic amines) is 1. The van der Waals surface area contributed by atoms with E-state index in [-0.39, 0.29) is 11.9 Å². The molecule has 1 aromatic heterocycles. The number of hydrogen-bond donors (Lipinski definition) is 1. The van der Waals surface area contributed by atoms with Crippen molar-refractivity contribution in [2.24, 2.45) is 0 Å². The topological polar surface area (TPSA) is 58.2 Å². The molecule has 1 N–H and O–H groups in total. The quantitative estimate of drug-likeness (QED) is 0.830. The summed E-state index contributed by atoms with van der Waals surface area (Å²) >= 11 is 0. The van der Waals surface area contributed by atoms with E-state index in [1.165, 1.54) is 0 Å². The molecule has 1 saturated heterocycles. The van der Waals surface area contributed by atoms with E-state index < -0.39 is 0 Å². The van der Waals surface area contributed by atoms with Crippen LogP contribution in [0.4, 0.5) is 0 Å². The van der Waals surface area contributed by atoms with Gasteiger partial charge in [0.15, 0.2) is 5.82 Å². The maximum Gasteiger partial charge on any atom is 0.289 e. The van der Waals surface area contributed by atoms with Crippen LogP contribution in [-0.2, 0) is 4.74 Å².